The topological polar surface area (TPSA) is 37.5 Å². The van der Waals surface area contributed by atoms with Gasteiger partial charge in [0.25, 0.3) is 0 Å². The molecular formula is C15H18ClF3N2O. The van der Waals surface area contributed by atoms with Crippen molar-refractivity contribution < 1.29 is 18.3 Å². The van der Waals surface area contributed by atoms with Crippen molar-refractivity contribution in [2.45, 2.75) is 45.4 Å². The van der Waals surface area contributed by atoms with Crippen molar-refractivity contribution in [3.05, 3.63) is 34.9 Å². The Labute approximate surface area is 131 Å². The molecule has 2 aromatic rings. The molecule has 0 aliphatic carbocycles. The van der Waals surface area contributed by atoms with Gasteiger partial charge in [0.1, 0.15) is 0 Å². The molecule has 0 saturated carbocycles. The van der Waals surface area contributed by atoms with Gasteiger partial charge in [-0.2, -0.15) is 13.2 Å². The monoisotopic (exact) mass is 334 g/mol. The second kappa shape index (κ2) is 6.46. The van der Waals surface area contributed by atoms with Gasteiger partial charge in [0.15, 0.2) is 0 Å². The molecule has 2 heterocycles. The zero-order valence-corrected chi connectivity index (χ0v) is 13.1. The van der Waals surface area contributed by atoms with Gasteiger partial charge in [-0.05, 0) is 18.4 Å². The van der Waals surface area contributed by atoms with Crippen LogP contribution >= 0.6 is 11.6 Å². The lowest BCUT2D eigenvalue weighted by molar-refractivity contribution is -0.137. The highest BCUT2D eigenvalue weighted by atomic mass is 35.5. The first kappa shape index (κ1) is 17.1. The van der Waals surface area contributed by atoms with Gasteiger partial charge < -0.3 is 5.11 Å². The Balaban J connectivity index is 2.65. The van der Waals surface area contributed by atoms with Crippen molar-refractivity contribution in [1.29, 1.82) is 0 Å². The number of fused-ring (bicyclic) bond motifs is 1. The molecule has 2 atom stereocenters. The van der Waals surface area contributed by atoms with E-state index in [4.69, 9.17) is 11.6 Å². The van der Waals surface area contributed by atoms with Crippen molar-refractivity contribution >= 4 is 17.1 Å². The quantitative estimate of drug-likeness (QED) is 0.847. The Morgan fingerprint density at radius 3 is 2.59 bits per heavy atom. The van der Waals surface area contributed by atoms with Crippen LogP contribution in [0, 0.1) is 5.92 Å². The first-order valence-corrected chi connectivity index (χ1v) is 7.58. The Morgan fingerprint density at radius 1 is 1.36 bits per heavy atom. The molecule has 122 valence electrons. The minimum Gasteiger partial charge on any atom is -0.387 e. The summed E-state index contributed by atoms with van der Waals surface area (Å²) in [6.45, 7) is 3.87. The Kier molecular flexibility index (Phi) is 5.02. The number of rotatable bonds is 5. The number of halogens is 4. The van der Waals surface area contributed by atoms with Gasteiger partial charge in [0.2, 0.25) is 0 Å². The summed E-state index contributed by atoms with van der Waals surface area (Å²) < 4.78 is 40.9. The number of nitrogens with zero attached hydrogens (tertiary/aromatic N) is 2. The molecule has 1 N–H and O–H groups in total. The van der Waals surface area contributed by atoms with Crippen LogP contribution in [0.2, 0.25) is 5.02 Å². The molecule has 0 radical (unpaired) electrons. The molecule has 7 heteroatoms. The number of hydrogen-bond donors (Lipinski definition) is 1. The number of imidazole rings is 1. The predicted octanol–water partition coefficient (Wildman–Crippen LogP) is 4.87. The molecule has 0 bridgehead atoms. The molecule has 2 aromatic heterocycles. The molecule has 2 rings (SSSR count). The zero-order valence-electron chi connectivity index (χ0n) is 12.4. The number of aliphatic hydroxyl groups excluding tert-OH is 1. The van der Waals surface area contributed by atoms with Crippen LogP contribution in [0.5, 0.6) is 0 Å². The van der Waals surface area contributed by atoms with Gasteiger partial charge in [-0.1, -0.05) is 38.3 Å². The minimum atomic E-state index is -4.58. The fourth-order valence-electron chi connectivity index (χ4n) is 2.73. The molecule has 3 nitrogen and oxygen atoms in total. The molecule has 0 spiro atoms. The molecule has 0 aliphatic rings. The van der Waals surface area contributed by atoms with Gasteiger partial charge in [-0.3, -0.25) is 4.40 Å². The average molecular weight is 335 g/mol. The Morgan fingerprint density at radius 2 is 2.05 bits per heavy atom. The van der Waals surface area contributed by atoms with Crippen LogP contribution in [0.4, 0.5) is 13.2 Å². The summed E-state index contributed by atoms with van der Waals surface area (Å²) in [5.74, 6) is -0.156. The van der Waals surface area contributed by atoms with Crippen molar-refractivity contribution in [2.75, 3.05) is 0 Å². The summed E-state index contributed by atoms with van der Waals surface area (Å²) in [4.78, 5) is 3.87. The van der Waals surface area contributed by atoms with Gasteiger partial charge in [-0.15, -0.1) is 0 Å². The third-order valence-electron chi connectivity index (χ3n) is 3.90. The van der Waals surface area contributed by atoms with E-state index >= 15 is 0 Å². The van der Waals surface area contributed by atoms with Crippen molar-refractivity contribution in [1.82, 2.24) is 9.38 Å². The molecule has 0 fully saturated rings. The van der Waals surface area contributed by atoms with E-state index in [0.29, 0.717) is 12.8 Å². The Hall–Kier alpha value is -1.27. The summed E-state index contributed by atoms with van der Waals surface area (Å²) in [6.07, 6.45) is -0.765. The smallest absolute Gasteiger partial charge is 0.387 e. The molecule has 0 aliphatic heterocycles. The maximum atomic E-state index is 13.2. The highest BCUT2D eigenvalue weighted by Crippen LogP contribution is 2.41. The Bertz CT molecular complexity index is 654. The number of pyridine rings is 1. The molecule has 0 aromatic carbocycles. The summed E-state index contributed by atoms with van der Waals surface area (Å²) in [7, 11) is 0. The third kappa shape index (κ3) is 3.08. The summed E-state index contributed by atoms with van der Waals surface area (Å²) in [5.41, 5.74) is -0.621. The van der Waals surface area contributed by atoms with E-state index in [2.05, 4.69) is 4.98 Å². The summed E-state index contributed by atoms with van der Waals surface area (Å²) in [6, 6.07) is 0.951. The lowest BCUT2D eigenvalue weighted by Crippen LogP contribution is -2.18. The van der Waals surface area contributed by atoms with E-state index in [1.807, 2.05) is 13.8 Å². The standard InChI is InChI=1S/C15H18ClF3N2O/c1-3-5-9(4-2)14(22)13-12(16)11(15(17,18)19)6-10-7-20-8-21(10)13/h6-9,14,22H,3-5H2,1-2H3. The second-order valence-electron chi connectivity index (χ2n) is 5.35. The minimum absolute atomic E-state index is 0.0595. The van der Waals surface area contributed by atoms with Crippen molar-refractivity contribution in [3.63, 3.8) is 0 Å². The SMILES string of the molecule is CCCC(CC)C(O)c1c(Cl)c(C(F)(F)F)cc2cncn12. The summed E-state index contributed by atoms with van der Waals surface area (Å²) >= 11 is 6.00. The largest absolute Gasteiger partial charge is 0.417 e. The number of alkyl halides is 3. The zero-order chi connectivity index (χ0) is 16.5. The van der Waals surface area contributed by atoms with Crippen molar-refractivity contribution in [2.24, 2.45) is 5.92 Å². The number of hydrogen-bond acceptors (Lipinski definition) is 2. The molecule has 2 unspecified atom stereocenters. The van der Waals surface area contributed by atoms with Crippen LogP contribution in [0.25, 0.3) is 5.52 Å². The maximum absolute atomic E-state index is 13.2. The third-order valence-corrected chi connectivity index (χ3v) is 4.29. The van der Waals surface area contributed by atoms with Crippen LogP contribution in [0.15, 0.2) is 18.6 Å². The van der Waals surface area contributed by atoms with E-state index in [1.165, 1.54) is 16.9 Å². The average Bonchev–Trinajstić information content (AvgIpc) is 2.90. The van der Waals surface area contributed by atoms with Crippen LogP contribution in [0.3, 0.4) is 0 Å². The van der Waals surface area contributed by atoms with E-state index < -0.39 is 22.9 Å². The first-order valence-electron chi connectivity index (χ1n) is 7.20. The lowest BCUT2D eigenvalue weighted by Gasteiger charge is -2.25. The predicted molar refractivity (Wildman–Crippen MR) is 78.9 cm³/mol. The van der Waals surface area contributed by atoms with Crippen LogP contribution < -0.4 is 0 Å². The molecule has 0 amide bonds. The van der Waals surface area contributed by atoms with E-state index in [0.717, 1.165) is 12.5 Å². The van der Waals surface area contributed by atoms with Gasteiger partial charge in [-0.25, -0.2) is 4.98 Å². The molecular weight excluding hydrogens is 317 g/mol. The van der Waals surface area contributed by atoms with Crippen LogP contribution in [-0.4, -0.2) is 14.5 Å². The van der Waals surface area contributed by atoms with Gasteiger partial charge in [0.05, 0.1) is 40.4 Å². The first-order chi connectivity index (χ1) is 10.3. The van der Waals surface area contributed by atoms with Crippen LogP contribution in [0.1, 0.15) is 50.5 Å². The van der Waals surface area contributed by atoms with E-state index in [9.17, 15) is 18.3 Å². The number of aliphatic hydroxyl groups is 1. The van der Waals surface area contributed by atoms with E-state index in [1.54, 1.807) is 0 Å². The van der Waals surface area contributed by atoms with Crippen LogP contribution in [-0.2, 0) is 6.18 Å². The highest BCUT2D eigenvalue weighted by molar-refractivity contribution is 6.32. The second-order valence-corrected chi connectivity index (χ2v) is 5.72. The lowest BCUT2D eigenvalue weighted by atomic mass is 9.91. The summed E-state index contributed by atoms with van der Waals surface area (Å²) in [5, 5.41) is 10.1. The molecule has 0 saturated heterocycles. The van der Waals surface area contributed by atoms with Crippen molar-refractivity contribution in [3.8, 4) is 0 Å². The molecule has 22 heavy (non-hydrogen) atoms. The highest BCUT2D eigenvalue weighted by Gasteiger charge is 2.37. The fraction of sp³-hybridized carbons (Fsp3) is 0.533. The fourth-order valence-corrected chi connectivity index (χ4v) is 3.09. The van der Waals surface area contributed by atoms with E-state index in [-0.39, 0.29) is 17.1 Å². The number of aromatic nitrogens is 2. The maximum Gasteiger partial charge on any atom is 0.417 e. The van der Waals surface area contributed by atoms with Gasteiger partial charge >= 0.3 is 6.18 Å². The normalized spacial score (nSPS) is 15.2. The van der Waals surface area contributed by atoms with Gasteiger partial charge in [0, 0.05) is 0 Å².